The molecule has 0 heterocycles. The summed E-state index contributed by atoms with van der Waals surface area (Å²) < 4.78 is 8.15. The molecule has 0 saturated carbocycles. The molecule has 0 bridgehead atoms. The van der Waals surface area contributed by atoms with Crippen molar-refractivity contribution in [3.05, 3.63) is 0 Å². The van der Waals surface area contributed by atoms with Gasteiger partial charge in [0.1, 0.15) is 0 Å². The molecule has 0 aliphatic rings. The number of unbranched alkanes of at least 4 members (excludes halogenated alkanes) is 1. The Balaban J connectivity index is 2.49. The quantitative estimate of drug-likeness (QED) is 0.601. The van der Waals surface area contributed by atoms with Gasteiger partial charge in [-0.3, -0.25) is 0 Å². The Bertz CT molecular complexity index is 36.5. The molecule has 0 unspecified atom stereocenters. The predicted octanol–water partition coefficient (Wildman–Crippen LogP) is 1.67. The topological polar surface area (TPSA) is 23.9 Å². The fraction of sp³-hybridized carbons (Fsp3) is 1.00. The zero-order chi connectivity index (χ0) is 4.83. The first-order chi connectivity index (χ1) is 2.91. The summed E-state index contributed by atoms with van der Waals surface area (Å²) >= 11 is -0.633. The third-order valence-electron chi connectivity index (χ3n) is 0.623. The third-order valence-corrected chi connectivity index (χ3v) is 2.72. The molecule has 0 atom stereocenters. The van der Waals surface area contributed by atoms with Crippen LogP contribution in [0.25, 0.3) is 0 Å². The normalized spacial score (nSPS) is 8.17. The summed E-state index contributed by atoms with van der Waals surface area (Å²) in [7, 11) is 0. The second-order valence-corrected chi connectivity index (χ2v) is 4.20. The Morgan fingerprint density at radius 2 is 2.33 bits per heavy atom. The Morgan fingerprint density at radius 3 is 2.50 bits per heavy atom. The standard InChI is InChI=1S/C4H9.Bi.HN/c1-3-4-2;;/h1,3-4H2,2H3;;1H. The summed E-state index contributed by atoms with van der Waals surface area (Å²) in [5.41, 5.74) is 0. The van der Waals surface area contributed by atoms with Crippen molar-refractivity contribution in [2.75, 3.05) is 0 Å². The Labute approximate surface area is 50.4 Å². The minimum atomic E-state index is -0.633. The number of rotatable bonds is 3. The van der Waals surface area contributed by atoms with Gasteiger partial charge in [0.05, 0.1) is 0 Å². The van der Waals surface area contributed by atoms with Crippen molar-refractivity contribution in [2.45, 2.75) is 23.9 Å². The maximum atomic E-state index is 6.89. The van der Waals surface area contributed by atoms with Crippen LogP contribution in [0.1, 0.15) is 19.8 Å². The Hall–Kier alpha value is 0.683. The Morgan fingerprint density at radius 1 is 1.67 bits per heavy atom. The van der Waals surface area contributed by atoms with Crippen molar-refractivity contribution in [1.29, 1.82) is 3.29 Å². The molecule has 36 valence electrons. The first-order valence-electron chi connectivity index (χ1n) is 2.25. The second kappa shape index (κ2) is 5.68. The van der Waals surface area contributed by atoms with Crippen LogP contribution in [-0.2, 0) is 0 Å². The van der Waals surface area contributed by atoms with Crippen molar-refractivity contribution >= 4 is 23.1 Å². The molecule has 2 heteroatoms. The molecule has 0 amide bonds. The fourth-order valence-electron chi connectivity index (χ4n) is 0.237. The van der Waals surface area contributed by atoms with Gasteiger partial charge >= 0.3 is 50.3 Å². The van der Waals surface area contributed by atoms with Gasteiger partial charge in [0.25, 0.3) is 0 Å². The summed E-state index contributed by atoms with van der Waals surface area (Å²) in [6.45, 7) is 2.18. The van der Waals surface area contributed by atoms with E-state index < -0.39 is 23.1 Å². The molecular weight excluding hydrogens is 271 g/mol. The summed E-state index contributed by atoms with van der Waals surface area (Å²) in [5, 5.41) is 0. The first kappa shape index (κ1) is 6.68. The molecule has 0 saturated heterocycles. The second-order valence-electron chi connectivity index (χ2n) is 1.24. The molecular formula is C4H10BiN. The van der Waals surface area contributed by atoms with Gasteiger partial charge in [-0.25, -0.2) is 0 Å². The van der Waals surface area contributed by atoms with Crippen LogP contribution in [0.4, 0.5) is 0 Å². The van der Waals surface area contributed by atoms with Crippen LogP contribution in [0.2, 0.25) is 4.13 Å². The van der Waals surface area contributed by atoms with Gasteiger partial charge in [0.2, 0.25) is 0 Å². The Kier molecular flexibility index (Phi) is 6.33. The average molecular weight is 281 g/mol. The third kappa shape index (κ3) is 4.68. The summed E-state index contributed by atoms with van der Waals surface area (Å²) in [4.78, 5) is 0. The van der Waals surface area contributed by atoms with E-state index in [9.17, 15) is 0 Å². The molecule has 0 aliphatic carbocycles. The molecule has 1 N–H and O–H groups in total. The zero-order valence-electron chi connectivity index (χ0n) is 4.07. The van der Waals surface area contributed by atoms with E-state index in [1.54, 1.807) is 0 Å². The van der Waals surface area contributed by atoms with Crippen LogP contribution < -0.4 is 0 Å². The van der Waals surface area contributed by atoms with Crippen LogP contribution in [0, 0.1) is 3.29 Å². The molecule has 6 heavy (non-hydrogen) atoms. The molecule has 0 rings (SSSR count). The van der Waals surface area contributed by atoms with E-state index in [1.807, 2.05) is 0 Å². The monoisotopic (exact) mass is 281 g/mol. The van der Waals surface area contributed by atoms with Crippen molar-refractivity contribution in [3.8, 4) is 0 Å². The van der Waals surface area contributed by atoms with Gasteiger partial charge in [0.15, 0.2) is 0 Å². The van der Waals surface area contributed by atoms with Gasteiger partial charge in [0, 0.05) is 0 Å². The van der Waals surface area contributed by atoms with E-state index in [0.29, 0.717) is 0 Å². The van der Waals surface area contributed by atoms with E-state index in [2.05, 4.69) is 6.92 Å². The van der Waals surface area contributed by atoms with Crippen molar-refractivity contribution in [3.63, 3.8) is 0 Å². The average Bonchev–Trinajstić information content (AvgIpc) is 1.61. The summed E-state index contributed by atoms with van der Waals surface area (Å²) in [5.74, 6) is 0. The first-order valence-corrected chi connectivity index (χ1v) is 6.44. The van der Waals surface area contributed by atoms with Gasteiger partial charge in [-0.05, 0) is 0 Å². The van der Waals surface area contributed by atoms with Gasteiger partial charge < -0.3 is 0 Å². The molecule has 1 nitrogen and oxygen atoms in total. The summed E-state index contributed by atoms with van der Waals surface area (Å²) in [6, 6.07) is 0. The molecule has 0 aromatic heterocycles. The van der Waals surface area contributed by atoms with Crippen LogP contribution in [0.3, 0.4) is 0 Å². The van der Waals surface area contributed by atoms with E-state index in [4.69, 9.17) is 3.29 Å². The number of nitrogens with one attached hydrogen (secondary N) is 1. The van der Waals surface area contributed by atoms with Gasteiger partial charge in [-0.1, -0.05) is 0 Å². The van der Waals surface area contributed by atoms with Crippen LogP contribution in [-0.4, -0.2) is 23.1 Å². The van der Waals surface area contributed by atoms with Gasteiger partial charge in [-0.15, -0.1) is 0 Å². The molecule has 0 aromatic rings. The van der Waals surface area contributed by atoms with Gasteiger partial charge in [-0.2, -0.15) is 0 Å². The van der Waals surface area contributed by atoms with Crippen LogP contribution in [0.15, 0.2) is 0 Å². The molecule has 0 fully saturated rings. The number of hydrogen-bond acceptors (Lipinski definition) is 1. The predicted molar refractivity (Wildman–Crippen MR) is 28.2 cm³/mol. The van der Waals surface area contributed by atoms with Crippen molar-refractivity contribution in [1.82, 2.24) is 0 Å². The molecule has 0 aromatic carbocycles. The molecule has 0 aliphatic heterocycles. The minimum absolute atomic E-state index is 0.633. The van der Waals surface area contributed by atoms with Crippen molar-refractivity contribution < 1.29 is 0 Å². The molecule has 0 radical (unpaired) electrons. The summed E-state index contributed by atoms with van der Waals surface area (Å²) in [6.07, 6.45) is 2.59. The van der Waals surface area contributed by atoms with Crippen LogP contribution in [0.5, 0.6) is 0 Å². The SMILES string of the molecule is CCC[CH2][Bi]=[NH]. The van der Waals surface area contributed by atoms with E-state index in [-0.39, 0.29) is 0 Å². The van der Waals surface area contributed by atoms with Crippen molar-refractivity contribution in [2.24, 2.45) is 0 Å². The van der Waals surface area contributed by atoms with E-state index in [0.717, 1.165) is 0 Å². The van der Waals surface area contributed by atoms with Crippen LogP contribution >= 0.6 is 0 Å². The van der Waals surface area contributed by atoms with E-state index >= 15 is 0 Å². The maximum absolute atomic E-state index is 6.89. The number of hydrogen-bond donors (Lipinski definition) is 1. The zero-order valence-corrected chi connectivity index (χ0v) is 7.55. The fourth-order valence-corrected chi connectivity index (χ4v) is 2.08. The molecule has 0 spiro atoms. The van der Waals surface area contributed by atoms with E-state index in [1.165, 1.54) is 17.0 Å².